The Bertz CT molecular complexity index is 485. The molecule has 0 amide bonds. The summed E-state index contributed by atoms with van der Waals surface area (Å²) in [6.07, 6.45) is 3.61. The number of hydrogen-bond donors (Lipinski definition) is 0. The van der Waals surface area contributed by atoms with E-state index in [1.54, 1.807) is 6.20 Å². The van der Waals surface area contributed by atoms with E-state index in [9.17, 15) is 0 Å². The largest absolute Gasteiger partial charge is 0.158 e. The first-order valence-corrected chi connectivity index (χ1v) is 5.97. The Hall–Kier alpha value is -1.32. The van der Waals surface area contributed by atoms with Crippen molar-refractivity contribution in [2.75, 3.05) is 0 Å². The van der Waals surface area contributed by atoms with E-state index in [1.807, 2.05) is 47.9 Å². The van der Waals surface area contributed by atoms with Gasteiger partial charge in [0.05, 0.1) is 0 Å². The van der Waals surface area contributed by atoms with Crippen molar-refractivity contribution in [2.45, 2.75) is 5.03 Å². The fraction of sp³-hybridized carbons (Fsp3) is 0. The van der Waals surface area contributed by atoms with Crippen LogP contribution in [-0.4, -0.2) is 10.2 Å². The van der Waals surface area contributed by atoms with Crippen molar-refractivity contribution in [2.24, 2.45) is 0 Å². The maximum absolute atomic E-state index is 6.02. The van der Waals surface area contributed by atoms with E-state index >= 15 is 0 Å². The Labute approximate surface area is 103 Å². The van der Waals surface area contributed by atoms with Crippen LogP contribution in [0.4, 0.5) is 0 Å². The number of benzene rings is 1. The highest BCUT2D eigenvalue weighted by Crippen LogP contribution is 2.20. The molecule has 4 heteroatoms. The summed E-state index contributed by atoms with van der Waals surface area (Å²) < 4.78 is 0. The van der Waals surface area contributed by atoms with Crippen LogP contribution in [-0.2, 0) is 0 Å². The number of halogens is 1. The normalized spacial score (nSPS) is 10.8. The number of hydrogen-bond acceptors (Lipinski definition) is 3. The summed E-state index contributed by atoms with van der Waals surface area (Å²) in [7, 11) is 0. The van der Waals surface area contributed by atoms with E-state index in [1.165, 1.54) is 11.8 Å². The van der Waals surface area contributed by atoms with Crippen molar-refractivity contribution in [3.05, 3.63) is 58.6 Å². The van der Waals surface area contributed by atoms with Gasteiger partial charge in [-0.25, -0.2) is 0 Å². The molecule has 80 valence electrons. The van der Waals surface area contributed by atoms with Gasteiger partial charge in [0.15, 0.2) is 0 Å². The number of aromatic nitrogens is 2. The van der Waals surface area contributed by atoms with Gasteiger partial charge in [-0.3, -0.25) is 0 Å². The van der Waals surface area contributed by atoms with Crippen LogP contribution in [0.3, 0.4) is 0 Å². The molecule has 1 aromatic carbocycles. The highest BCUT2D eigenvalue weighted by molar-refractivity contribution is 8.02. The van der Waals surface area contributed by atoms with Crippen LogP contribution in [0.2, 0.25) is 5.02 Å². The van der Waals surface area contributed by atoms with Gasteiger partial charge in [-0.1, -0.05) is 41.6 Å². The smallest absolute Gasteiger partial charge is 0.123 e. The molecule has 0 saturated carbocycles. The average molecular weight is 249 g/mol. The third-order valence-corrected chi connectivity index (χ3v) is 2.97. The first-order chi connectivity index (χ1) is 7.86. The van der Waals surface area contributed by atoms with E-state index in [2.05, 4.69) is 10.2 Å². The molecular weight excluding hydrogens is 240 g/mol. The van der Waals surface area contributed by atoms with Crippen molar-refractivity contribution in [3.63, 3.8) is 0 Å². The molecule has 2 aromatic rings. The fourth-order valence-electron chi connectivity index (χ4n) is 1.14. The van der Waals surface area contributed by atoms with E-state index in [0.29, 0.717) is 0 Å². The molecule has 2 rings (SSSR count). The first-order valence-electron chi connectivity index (χ1n) is 4.72. The van der Waals surface area contributed by atoms with Gasteiger partial charge in [0.25, 0.3) is 0 Å². The van der Waals surface area contributed by atoms with Gasteiger partial charge < -0.3 is 0 Å². The second kappa shape index (κ2) is 5.68. The summed E-state index contributed by atoms with van der Waals surface area (Å²) in [5, 5.41) is 11.3. The SMILES string of the molecule is Clc1ccccc1/C=C/Sc1cccnn1. The molecule has 0 N–H and O–H groups in total. The molecule has 0 atom stereocenters. The Morgan fingerprint density at radius 1 is 1.12 bits per heavy atom. The maximum atomic E-state index is 6.02. The van der Waals surface area contributed by atoms with Crippen LogP contribution in [0.15, 0.2) is 53.0 Å². The average Bonchev–Trinajstić information content (AvgIpc) is 2.33. The van der Waals surface area contributed by atoms with Crippen molar-refractivity contribution in [1.29, 1.82) is 0 Å². The third-order valence-electron chi connectivity index (χ3n) is 1.89. The molecule has 0 bridgehead atoms. The molecule has 1 aromatic heterocycles. The lowest BCUT2D eigenvalue weighted by Crippen LogP contribution is -1.79. The van der Waals surface area contributed by atoms with E-state index < -0.39 is 0 Å². The summed E-state index contributed by atoms with van der Waals surface area (Å²) >= 11 is 7.53. The Morgan fingerprint density at radius 3 is 2.75 bits per heavy atom. The van der Waals surface area contributed by atoms with E-state index in [4.69, 9.17) is 11.6 Å². The predicted octanol–water partition coefficient (Wildman–Crippen LogP) is 3.89. The van der Waals surface area contributed by atoms with Crippen molar-refractivity contribution >= 4 is 29.4 Å². The van der Waals surface area contributed by atoms with Gasteiger partial charge >= 0.3 is 0 Å². The summed E-state index contributed by atoms with van der Waals surface area (Å²) in [5.74, 6) is 0. The second-order valence-corrected chi connectivity index (χ2v) is 4.34. The van der Waals surface area contributed by atoms with Gasteiger partial charge in [-0.2, -0.15) is 5.10 Å². The van der Waals surface area contributed by atoms with E-state index in [0.717, 1.165) is 15.6 Å². The molecule has 0 unspecified atom stereocenters. The lowest BCUT2D eigenvalue weighted by molar-refractivity contribution is 0.932. The van der Waals surface area contributed by atoms with Crippen molar-refractivity contribution in [3.8, 4) is 0 Å². The minimum Gasteiger partial charge on any atom is -0.158 e. The van der Waals surface area contributed by atoms with Gasteiger partial charge in [-0.15, -0.1) is 5.10 Å². The standard InChI is InChI=1S/C12H9ClN2S/c13-11-5-2-1-4-10(11)7-9-16-12-6-3-8-14-15-12/h1-9H/b9-7+. The molecule has 0 fully saturated rings. The lowest BCUT2D eigenvalue weighted by atomic mass is 10.2. The minimum atomic E-state index is 0.749. The van der Waals surface area contributed by atoms with Crippen LogP contribution in [0, 0.1) is 0 Å². The highest BCUT2D eigenvalue weighted by Gasteiger charge is 1.94. The fourth-order valence-corrected chi connectivity index (χ4v) is 1.94. The molecule has 0 aliphatic carbocycles. The Morgan fingerprint density at radius 2 is 2.00 bits per heavy atom. The maximum Gasteiger partial charge on any atom is 0.123 e. The number of nitrogens with zero attached hydrogens (tertiary/aromatic N) is 2. The molecule has 0 radical (unpaired) electrons. The molecule has 1 heterocycles. The lowest BCUT2D eigenvalue weighted by Gasteiger charge is -1.96. The van der Waals surface area contributed by atoms with Crippen molar-refractivity contribution in [1.82, 2.24) is 10.2 Å². The molecule has 0 saturated heterocycles. The zero-order valence-corrected chi connectivity index (χ0v) is 9.95. The highest BCUT2D eigenvalue weighted by atomic mass is 35.5. The molecule has 0 spiro atoms. The summed E-state index contributed by atoms with van der Waals surface area (Å²) in [6, 6.07) is 11.5. The summed E-state index contributed by atoms with van der Waals surface area (Å²) in [6.45, 7) is 0. The van der Waals surface area contributed by atoms with Gasteiger partial charge in [0.1, 0.15) is 5.03 Å². The third kappa shape index (κ3) is 3.08. The van der Waals surface area contributed by atoms with Crippen LogP contribution in [0.25, 0.3) is 6.08 Å². The zero-order valence-electron chi connectivity index (χ0n) is 8.38. The van der Waals surface area contributed by atoms with Crippen molar-refractivity contribution < 1.29 is 0 Å². The molecule has 16 heavy (non-hydrogen) atoms. The van der Waals surface area contributed by atoms with E-state index in [-0.39, 0.29) is 0 Å². The summed E-state index contributed by atoms with van der Waals surface area (Å²) in [5.41, 5.74) is 1.00. The zero-order chi connectivity index (χ0) is 11.2. The quantitative estimate of drug-likeness (QED) is 0.771. The van der Waals surface area contributed by atoms with Gasteiger partial charge in [0.2, 0.25) is 0 Å². The minimum absolute atomic E-state index is 0.749. The number of rotatable bonds is 3. The van der Waals surface area contributed by atoms with Gasteiger partial charge in [0, 0.05) is 11.2 Å². The van der Waals surface area contributed by atoms with Crippen LogP contribution >= 0.6 is 23.4 Å². The first kappa shape index (κ1) is 11.2. The van der Waals surface area contributed by atoms with Crippen LogP contribution in [0.1, 0.15) is 5.56 Å². The predicted molar refractivity (Wildman–Crippen MR) is 68.4 cm³/mol. The topological polar surface area (TPSA) is 25.8 Å². The molecule has 0 aliphatic rings. The Balaban J connectivity index is 2.03. The Kier molecular flexibility index (Phi) is 3.97. The van der Waals surface area contributed by atoms with Crippen LogP contribution < -0.4 is 0 Å². The second-order valence-electron chi connectivity index (χ2n) is 3.00. The molecular formula is C12H9ClN2S. The van der Waals surface area contributed by atoms with Gasteiger partial charge in [-0.05, 0) is 35.2 Å². The number of thioether (sulfide) groups is 1. The molecule has 2 nitrogen and oxygen atoms in total. The summed E-state index contributed by atoms with van der Waals surface area (Å²) in [4.78, 5) is 0. The monoisotopic (exact) mass is 248 g/mol. The van der Waals surface area contributed by atoms with Crippen LogP contribution in [0.5, 0.6) is 0 Å². The molecule has 0 aliphatic heterocycles.